The minimum Gasteiger partial charge on any atom is -0.489 e. The van der Waals surface area contributed by atoms with Crippen molar-refractivity contribution in [3.05, 3.63) is 81.7 Å². The molecule has 2 amide bonds. The van der Waals surface area contributed by atoms with Crippen LogP contribution in [0.1, 0.15) is 11.1 Å². The van der Waals surface area contributed by atoms with Gasteiger partial charge in [-0.3, -0.25) is 14.5 Å². The van der Waals surface area contributed by atoms with E-state index < -0.39 is 0 Å². The smallest absolute Gasteiger partial charge is 0.293 e. The molecular weight excluding hydrogens is 414 g/mol. The van der Waals surface area contributed by atoms with E-state index in [4.69, 9.17) is 4.74 Å². The fourth-order valence-electron chi connectivity index (χ4n) is 2.46. The molecule has 2 aromatic rings. The van der Waals surface area contributed by atoms with Gasteiger partial charge in [0.25, 0.3) is 11.1 Å². The molecule has 0 unspecified atom stereocenters. The van der Waals surface area contributed by atoms with Gasteiger partial charge in [0, 0.05) is 10.0 Å². The van der Waals surface area contributed by atoms with Gasteiger partial charge >= 0.3 is 0 Å². The molecule has 1 saturated heterocycles. The van der Waals surface area contributed by atoms with Crippen LogP contribution in [0.4, 0.5) is 4.79 Å². The van der Waals surface area contributed by atoms with E-state index in [-0.39, 0.29) is 17.7 Å². The molecular formula is C20H16BrNO3S. The van der Waals surface area contributed by atoms with E-state index in [2.05, 4.69) is 22.5 Å². The number of amides is 2. The van der Waals surface area contributed by atoms with Gasteiger partial charge in [-0.15, -0.1) is 0 Å². The topological polar surface area (TPSA) is 46.6 Å². The molecule has 0 N–H and O–H groups in total. The summed E-state index contributed by atoms with van der Waals surface area (Å²) in [6.45, 7) is 4.26. The van der Waals surface area contributed by atoms with Crippen LogP contribution in [0.3, 0.4) is 0 Å². The average molecular weight is 430 g/mol. The Morgan fingerprint density at radius 1 is 1.15 bits per heavy atom. The number of nitrogens with zero attached hydrogens (tertiary/aromatic N) is 1. The lowest BCUT2D eigenvalue weighted by atomic mass is 10.1. The second kappa shape index (κ2) is 8.38. The molecule has 0 bridgehead atoms. The quantitative estimate of drug-likeness (QED) is 0.464. The molecule has 132 valence electrons. The first-order chi connectivity index (χ1) is 12.6. The monoisotopic (exact) mass is 429 g/mol. The van der Waals surface area contributed by atoms with Crippen molar-refractivity contribution in [2.45, 2.75) is 6.54 Å². The third kappa shape index (κ3) is 4.26. The minimum absolute atomic E-state index is 0.265. The number of halogens is 1. The Balaban J connectivity index is 1.86. The third-order valence-corrected chi connectivity index (χ3v) is 5.07. The Labute approximate surface area is 164 Å². The highest BCUT2D eigenvalue weighted by Crippen LogP contribution is 2.35. The van der Waals surface area contributed by atoms with Crippen LogP contribution < -0.4 is 4.74 Å². The number of hydrogen-bond acceptors (Lipinski definition) is 4. The first-order valence-corrected chi connectivity index (χ1v) is 9.52. The van der Waals surface area contributed by atoms with Gasteiger partial charge < -0.3 is 4.74 Å². The van der Waals surface area contributed by atoms with Crippen molar-refractivity contribution in [2.75, 3.05) is 6.61 Å². The number of ether oxygens (including phenoxy) is 1. The molecule has 1 fully saturated rings. The number of imide groups is 1. The van der Waals surface area contributed by atoms with Gasteiger partial charge in [0.05, 0.1) is 11.4 Å². The van der Waals surface area contributed by atoms with Gasteiger partial charge in [0.1, 0.15) is 12.4 Å². The lowest BCUT2D eigenvalue weighted by Gasteiger charge is -2.12. The number of thioether (sulfide) groups is 1. The van der Waals surface area contributed by atoms with Crippen molar-refractivity contribution in [1.82, 2.24) is 4.90 Å². The molecule has 1 aliphatic rings. The fraction of sp³-hybridized carbons (Fsp3) is 0.100. The summed E-state index contributed by atoms with van der Waals surface area (Å²) < 4.78 is 6.49. The Kier molecular flexibility index (Phi) is 5.96. The molecule has 3 rings (SSSR count). The molecule has 1 heterocycles. The van der Waals surface area contributed by atoms with Crippen LogP contribution >= 0.6 is 27.7 Å². The van der Waals surface area contributed by atoms with E-state index in [9.17, 15) is 9.59 Å². The summed E-state index contributed by atoms with van der Waals surface area (Å²) in [4.78, 5) is 26.6. The third-order valence-electron chi connectivity index (χ3n) is 3.67. The minimum atomic E-state index is -0.293. The predicted octanol–water partition coefficient (Wildman–Crippen LogP) is 5.25. The molecule has 4 nitrogen and oxygen atoms in total. The van der Waals surface area contributed by atoms with Crippen LogP contribution in [0.15, 0.2) is 70.6 Å². The highest BCUT2D eigenvalue weighted by Gasteiger charge is 2.35. The summed E-state index contributed by atoms with van der Waals surface area (Å²) in [7, 11) is 0. The number of hydrogen-bond donors (Lipinski definition) is 0. The molecule has 0 saturated carbocycles. The van der Waals surface area contributed by atoms with E-state index in [0.29, 0.717) is 17.3 Å². The van der Waals surface area contributed by atoms with E-state index in [1.165, 1.54) is 4.90 Å². The molecule has 1 aliphatic heterocycles. The summed E-state index contributed by atoms with van der Waals surface area (Å²) in [5.41, 5.74) is 1.64. The van der Waals surface area contributed by atoms with E-state index in [1.54, 1.807) is 12.2 Å². The molecule has 0 spiro atoms. The summed E-state index contributed by atoms with van der Waals surface area (Å²) in [6.07, 6.45) is 3.35. The van der Waals surface area contributed by atoms with Gasteiger partial charge in [-0.05, 0) is 41.6 Å². The van der Waals surface area contributed by atoms with Crippen LogP contribution in [-0.2, 0) is 11.3 Å². The number of carbonyl (C=O) groups is 2. The summed E-state index contributed by atoms with van der Waals surface area (Å²) in [5.74, 6) is 0.335. The number of rotatable bonds is 6. The predicted molar refractivity (Wildman–Crippen MR) is 108 cm³/mol. The van der Waals surface area contributed by atoms with Gasteiger partial charge in [0.2, 0.25) is 0 Å². The molecule has 0 atom stereocenters. The van der Waals surface area contributed by atoms with Crippen LogP contribution in [-0.4, -0.2) is 22.7 Å². The second-order valence-electron chi connectivity index (χ2n) is 5.54. The molecule has 6 heteroatoms. The van der Waals surface area contributed by atoms with Crippen LogP contribution in [0.2, 0.25) is 0 Å². The Morgan fingerprint density at radius 2 is 1.92 bits per heavy atom. The van der Waals surface area contributed by atoms with Crippen molar-refractivity contribution >= 4 is 44.9 Å². The lowest BCUT2D eigenvalue weighted by molar-refractivity contribution is -0.123. The molecule has 0 aromatic heterocycles. The Bertz CT molecular complexity index is 880. The van der Waals surface area contributed by atoms with Crippen molar-refractivity contribution in [2.24, 2.45) is 0 Å². The summed E-state index contributed by atoms with van der Waals surface area (Å²) in [5, 5.41) is -0.270. The van der Waals surface area contributed by atoms with E-state index in [0.717, 1.165) is 27.4 Å². The summed E-state index contributed by atoms with van der Waals surface area (Å²) in [6, 6.07) is 15.0. The van der Waals surface area contributed by atoms with Gasteiger partial charge in [0.15, 0.2) is 0 Å². The maximum Gasteiger partial charge on any atom is 0.293 e. The highest BCUT2D eigenvalue weighted by molar-refractivity contribution is 9.10. The molecule has 0 aliphatic carbocycles. The normalized spacial score (nSPS) is 15.6. The van der Waals surface area contributed by atoms with Crippen LogP contribution in [0.5, 0.6) is 5.75 Å². The van der Waals surface area contributed by atoms with Gasteiger partial charge in [-0.25, -0.2) is 0 Å². The van der Waals surface area contributed by atoms with E-state index in [1.807, 2.05) is 48.5 Å². The van der Waals surface area contributed by atoms with Gasteiger partial charge in [-0.1, -0.05) is 58.9 Å². The van der Waals surface area contributed by atoms with Crippen molar-refractivity contribution in [1.29, 1.82) is 0 Å². The maximum absolute atomic E-state index is 12.7. The molecule has 26 heavy (non-hydrogen) atoms. The van der Waals surface area contributed by atoms with Crippen LogP contribution in [0, 0.1) is 0 Å². The van der Waals surface area contributed by atoms with Crippen molar-refractivity contribution in [3.63, 3.8) is 0 Å². The lowest BCUT2D eigenvalue weighted by Crippen LogP contribution is -2.27. The first kappa shape index (κ1) is 18.5. The highest BCUT2D eigenvalue weighted by atomic mass is 79.9. The molecule has 0 radical (unpaired) electrons. The fourth-order valence-corrected chi connectivity index (χ4v) is 3.66. The van der Waals surface area contributed by atoms with Gasteiger partial charge in [-0.2, -0.15) is 0 Å². The molecule has 2 aromatic carbocycles. The SMILES string of the molecule is C=CCOc1ccc(Br)cc1/C=C1/SC(=O)N(Cc2ccccc2)C1=O. The average Bonchev–Trinajstić information content (AvgIpc) is 2.89. The standard InChI is InChI=1S/C20H16BrNO3S/c1-2-10-25-17-9-8-16(21)11-15(17)12-18-19(23)22(20(24)26-18)13-14-6-4-3-5-7-14/h2-9,11-12H,1,10,13H2/b18-12+. The second-order valence-corrected chi connectivity index (χ2v) is 7.44. The first-order valence-electron chi connectivity index (χ1n) is 7.91. The zero-order valence-electron chi connectivity index (χ0n) is 13.9. The van der Waals surface area contributed by atoms with Crippen molar-refractivity contribution in [3.8, 4) is 5.75 Å². The largest absolute Gasteiger partial charge is 0.489 e. The zero-order chi connectivity index (χ0) is 18.5. The Morgan fingerprint density at radius 3 is 2.65 bits per heavy atom. The summed E-state index contributed by atoms with van der Waals surface area (Å²) >= 11 is 4.36. The Hall–Kier alpha value is -2.31. The van der Waals surface area contributed by atoms with Crippen molar-refractivity contribution < 1.29 is 14.3 Å². The zero-order valence-corrected chi connectivity index (χ0v) is 16.3. The number of carbonyl (C=O) groups excluding carboxylic acids is 2. The number of benzene rings is 2. The van der Waals surface area contributed by atoms with E-state index >= 15 is 0 Å². The van der Waals surface area contributed by atoms with Crippen LogP contribution in [0.25, 0.3) is 6.08 Å². The maximum atomic E-state index is 12.7.